The number of rotatable bonds is 5. The standard InChI is InChI=1S/C20H24O2/c1-5-19(2,3)18(21)22-20(4,16-12-8-6-9-13-16)17-14-10-7-11-15-17/h6-15H,5H2,1-4H3. The molecule has 2 aromatic carbocycles. The Kier molecular flexibility index (Phi) is 4.70. The van der Waals surface area contributed by atoms with Gasteiger partial charge in [0.1, 0.15) is 0 Å². The molecule has 0 spiro atoms. The molecule has 2 heteroatoms. The molecular formula is C20H24O2. The van der Waals surface area contributed by atoms with Gasteiger partial charge in [0.2, 0.25) is 0 Å². The molecular weight excluding hydrogens is 272 g/mol. The number of carbonyl (C=O) groups is 1. The highest BCUT2D eigenvalue weighted by Gasteiger charge is 2.37. The van der Waals surface area contributed by atoms with E-state index in [2.05, 4.69) is 0 Å². The zero-order valence-corrected chi connectivity index (χ0v) is 13.8. The second-order valence-corrected chi connectivity index (χ2v) is 6.39. The summed E-state index contributed by atoms with van der Waals surface area (Å²) in [6.45, 7) is 7.81. The Hall–Kier alpha value is -2.09. The molecule has 0 saturated carbocycles. The highest BCUT2D eigenvalue weighted by atomic mass is 16.6. The minimum absolute atomic E-state index is 0.176. The van der Waals surface area contributed by atoms with Crippen molar-refractivity contribution in [2.45, 2.75) is 39.7 Å². The van der Waals surface area contributed by atoms with Crippen LogP contribution in [-0.2, 0) is 15.1 Å². The van der Waals surface area contributed by atoms with E-state index >= 15 is 0 Å². The molecule has 0 unspecified atom stereocenters. The van der Waals surface area contributed by atoms with E-state index < -0.39 is 11.0 Å². The number of hydrogen-bond donors (Lipinski definition) is 0. The fraction of sp³-hybridized carbons (Fsp3) is 0.350. The van der Waals surface area contributed by atoms with Crippen molar-refractivity contribution in [3.8, 4) is 0 Å². The van der Waals surface area contributed by atoms with Crippen molar-refractivity contribution < 1.29 is 9.53 Å². The van der Waals surface area contributed by atoms with Crippen LogP contribution in [0.3, 0.4) is 0 Å². The second-order valence-electron chi connectivity index (χ2n) is 6.39. The van der Waals surface area contributed by atoms with Gasteiger partial charge in [-0.3, -0.25) is 4.79 Å². The Labute approximate surface area is 133 Å². The van der Waals surface area contributed by atoms with Crippen LogP contribution in [0.4, 0.5) is 0 Å². The molecule has 0 radical (unpaired) electrons. The fourth-order valence-electron chi connectivity index (χ4n) is 2.26. The second kappa shape index (κ2) is 6.35. The van der Waals surface area contributed by atoms with Crippen LogP contribution in [0.5, 0.6) is 0 Å². The van der Waals surface area contributed by atoms with Crippen molar-refractivity contribution in [2.24, 2.45) is 5.41 Å². The van der Waals surface area contributed by atoms with Gasteiger partial charge in [0, 0.05) is 0 Å². The summed E-state index contributed by atoms with van der Waals surface area (Å²) < 4.78 is 6.03. The third-order valence-corrected chi connectivity index (χ3v) is 4.38. The molecule has 2 aromatic rings. The zero-order chi connectivity index (χ0) is 16.2. The molecule has 0 aliphatic heterocycles. The predicted octanol–water partition coefficient (Wildman–Crippen LogP) is 4.93. The van der Waals surface area contributed by atoms with E-state index in [-0.39, 0.29) is 5.97 Å². The molecule has 0 fully saturated rings. The molecule has 0 saturated heterocycles. The number of carbonyl (C=O) groups excluding carboxylic acids is 1. The Bertz CT molecular complexity index is 575. The smallest absolute Gasteiger partial charge is 0.312 e. The maximum Gasteiger partial charge on any atom is 0.312 e. The van der Waals surface area contributed by atoms with Gasteiger partial charge in [0.05, 0.1) is 5.41 Å². The third-order valence-electron chi connectivity index (χ3n) is 4.38. The first-order valence-corrected chi connectivity index (χ1v) is 7.74. The minimum Gasteiger partial charge on any atom is -0.449 e. The van der Waals surface area contributed by atoms with Crippen LogP contribution in [0, 0.1) is 5.41 Å². The van der Waals surface area contributed by atoms with E-state index in [0.29, 0.717) is 0 Å². The van der Waals surface area contributed by atoms with Crippen LogP contribution in [0.15, 0.2) is 60.7 Å². The monoisotopic (exact) mass is 296 g/mol. The van der Waals surface area contributed by atoms with Gasteiger partial charge >= 0.3 is 5.97 Å². The quantitative estimate of drug-likeness (QED) is 0.731. The van der Waals surface area contributed by atoms with Gasteiger partial charge in [0.25, 0.3) is 0 Å². The lowest BCUT2D eigenvalue weighted by atomic mass is 9.86. The van der Waals surface area contributed by atoms with E-state index in [1.54, 1.807) is 0 Å². The Morgan fingerprint density at radius 3 is 1.64 bits per heavy atom. The zero-order valence-electron chi connectivity index (χ0n) is 13.8. The summed E-state index contributed by atoms with van der Waals surface area (Å²) in [4.78, 5) is 12.6. The SMILES string of the molecule is CCC(C)(C)C(=O)OC(C)(c1ccccc1)c1ccccc1. The van der Waals surface area contributed by atoms with Gasteiger partial charge in [-0.1, -0.05) is 67.6 Å². The minimum atomic E-state index is -0.786. The van der Waals surface area contributed by atoms with Crippen molar-refractivity contribution in [1.82, 2.24) is 0 Å². The molecule has 22 heavy (non-hydrogen) atoms. The summed E-state index contributed by atoms with van der Waals surface area (Å²) in [6, 6.07) is 19.8. The van der Waals surface area contributed by atoms with Gasteiger partial charge in [-0.25, -0.2) is 0 Å². The summed E-state index contributed by atoms with van der Waals surface area (Å²) >= 11 is 0. The average Bonchev–Trinajstić information content (AvgIpc) is 2.56. The number of benzene rings is 2. The van der Waals surface area contributed by atoms with Crippen LogP contribution >= 0.6 is 0 Å². The van der Waals surface area contributed by atoms with E-state index in [4.69, 9.17) is 4.74 Å². The van der Waals surface area contributed by atoms with Gasteiger partial charge in [-0.2, -0.15) is 0 Å². The Balaban J connectivity index is 2.46. The maximum absolute atomic E-state index is 12.6. The Morgan fingerprint density at radius 2 is 1.27 bits per heavy atom. The van der Waals surface area contributed by atoms with Crippen LogP contribution in [-0.4, -0.2) is 5.97 Å². The lowest BCUT2D eigenvalue weighted by molar-refractivity contribution is -0.166. The van der Waals surface area contributed by atoms with Gasteiger partial charge in [0.15, 0.2) is 5.60 Å². The normalized spacial score (nSPS) is 12.0. The maximum atomic E-state index is 12.6. The van der Waals surface area contributed by atoms with Crippen molar-refractivity contribution in [1.29, 1.82) is 0 Å². The highest BCUT2D eigenvalue weighted by Crippen LogP contribution is 2.36. The Morgan fingerprint density at radius 1 is 0.864 bits per heavy atom. The van der Waals surface area contributed by atoms with Crippen molar-refractivity contribution in [2.75, 3.05) is 0 Å². The van der Waals surface area contributed by atoms with E-state index in [1.807, 2.05) is 88.4 Å². The first kappa shape index (κ1) is 16.3. The molecule has 0 N–H and O–H groups in total. The highest BCUT2D eigenvalue weighted by molar-refractivity contribution is 5.76. The molecule has 0 aromatic heterocycles. The topological polar surface area (TPSA) is 26.3 Å². The third kappa shape index (κ3) is 3.22. The van der Waals surface area contributed by atoms with Gasteiger partial charge < -0.3 is 4.74 Å². The van der Waals surface area contributed by atoms with Crippen molar-refractivity contribution in [3.63, 3.8) is 0 Å². The van der Waals surface area contributed by atoms with Gasteiger partial charge in [-0.15, -0.1) is 0 Å². The largest absolute Gasteiger partial charge is 0.449 e. The van der Waals surface area contributed by atoms with Gasteiger partial charge in [-0.05, 0) is 38.3 Å². The summed E-state index contributed by atoms with van der Waals surface area (Å²) in [5, 5.41) is 0. The van der Waals surface area contributed by atoms with Crippen molar-refractivity contribution in [3.05, 3.63) is 71.8 Å². The molecule has 0 amide bonds. The molecule has 0 aliphatic carbocycles. The number of esters is 1. The lowest BCUT2D eigenvalue weighted by Crippen LogP contribution is -2.36. The summed E-state index contributed by atoms with van der Waals surface area (Å²) in [7, 11) is 0. The molecule has 2 rings (SSSR count). The molecule has 2 nitrogen and oxygen atoms in total. The summed E-state index contributed by atoms with van der Waals surface area (Å²) in [5.41, 5.74) is 0.666. The number of ether oxygens (including phenoxy) is 1. The van der Waals surface area contributed by atoms with Crippen LogP contribution in [0.2, 0.25) is 0 Å². The lowest BCUT2D eigenvalue weighted by Gasteiger charge is -2.34. The first-order chi connectivity index (χ1) is 10.4. The fourth-order valence-corrected chi connectivity index (χ4v) is 2.26. The van der Waals surface area contributed by atoms with E-state index in [9.17, 15) is 4.79 Å². The summed E-state index contributed by atoms with van der Waals surface area (Å²) in [5.74, 6) is -0.176. The molecule has 0 atom stereocenters. The predicted molar refractivity (Wildman–Crippen MR) is 89.5 cm³/mol. The molecule has 0 aliphatic rings. The van der Waals surface area contributed by atoms with E-state index in [0.717, 1.165) is 17.5 Å². The summed E-state index contributed by atoms with van der Waals surface area (Å²) in [6.07, 6.45) is 0.742. The van der Waals surface area contributed by atoms with Crippen molar-refractivity contribution >= 4 is 5.97 Å². The average molecular weight is 296 g/mol. The van der Waals surface area contributed by atoms with Crippen LogP contribution in [0.25, 0.3) is 0 Å². The molecule has 116 valence electrons. The van der Waals surface area contributed by atoms with E-state index in [1.165, 1.54) is 0 Å². The van der Waals surface area contributed by atoms with Crippen LogP contribution < -0.4 is 0 Å². The van der Waals surface area contributed by atoms with Crippen LogP contribution in [0.1, 0.15) is 45.2 Å². The molecule has 0 heterocycles. The first-order valence-electron chi connectivity index (χ1n) is 7.74. The number of hydrogen-bond acceptors (Lipinski definition) is 2. The molecule has 0 bridgehead atoms.